The molecule has 1 heterocycles. The highest BCUT2D eigenvalue weighted by molar-refractivity contribution is 6.00. The minimum Gasteiger partial charge on any atom is -0.303 e. The van der Waals surface area contributed by atoms with Gasteiger partial charge in [0.1, 0.15) is 0 Å². The molecule has 0 bridgehead atoms. The summed E-state index contributed by atoms with van der Waals surface area (Å²) >= 11 is 0. The molecule has 2 heteroatoms. The molecular weight excluding hydrogens is 234 g/mol. The van der Waals surface area contributed by atoms with E-state index >= 15 is 0 Å². The van der Waals surface area contributed by atoms with Crippen molar-refractivity contribution in [3.63, 3.8) is 0 Å². The third kappa shape index (κ3) is 2.45. The van der Waals surface area contributed by atoms with E-state index in [1.165, 1.54) is 16.7 Å². The van der Waals surface area contributed by atoms with Crippen LogP contribution in [-0.2, 0) is 13.0 Å². The second kappa shape index (κ2) is 4.98. The van der Waals surface area contributed by atoms with Gasteiger partial charge in [0, 0.05) is 12.1 Å². The maximum atomic E-state index is 12.5. The number of carbonyl (C=O) groups excluding carboxylic acids is 1. The summed E-state index contributed by atoms with van der Waals surface area (Å²) in [6.07, 6.45) is 0.781. The molecule has 2 aromatic carbocycles. The fourth-order valence-electron chi connectivity index (χ4n) is 2.56. The summed E-state index contributed by atoms with van der Waals surface area (Å²) in [6.45, 7) is 2.81. The number of carbonyl (C=O) groups is 1. The number of fused-ring (bicyclic) bond motifs is 1. The highest BCUT2D eigenvalue weighted by Gasteiger charge is 2.24. The predicted molar refractivity (Wildman–Crippen MR) is 76.3 cm³/mol. The summed E-state index contributed by atoms with van der Waals surface area (Å²) in [5.74, 6) is 0.189. The van der Waals surface area contributed by atoms with Crippen LogP contribution in [-0.4, -0.2) is 11.8 Å². The Balaban J connectivity index is 1.81. The summed E-state index contributed by atoms with van der Waals surface area (Å²) in [6, 6.07) is 16.0. The monoisotopic (exact) mass is 251 g/mol. The molecule has 0 fully saturated rings. The average molecular weight is 251 g/mol. The van der Waals surface area contributed by atoms with Gasteiger partial charge in [-0.2, -0.15) is 0 Å². The van der Waals surface area contributed by atoms with Crippen LogP contribution in [0.1, 0.15) is 27.0 Å². The highest BCUT2D eigenvalue weighted by atomic mass is 16.1. The maximum absolute atomic E-state index is 12.5. The van der Waals surface area contributed by atoms with Gasteiger partial charge in [0.15, 0.2) is 5.78 Å². The topological polar surface area (TPSA) is 29.1 Å². The number of hydrogen-bond acceptors (Lipinski definition) is 2. The first-order valence-corrected chi connectivity index (χ1v) is 6.65. The van der Waals surface area contributed by atoms with Crippen molar-refractivity contribution in [1.29, 1.82) is 0 Å². The van der Waals surface area contributed by atoms with Crippen molar-refractivity contribution in [2.24, 2.45) is 0 Å². The summed E-state index contributed by atoms with van der Waals surface area (Å²) in [4.78, 5) is 12.5. The minimum absolute atomic E-state index is 0.0994. The number of rotatable bonds is 2. The Kier molecular flexibility index (Phi) is 3.18. The Morgan fingerprint density at radius 2 is 1.74 bits per heavy atom. The van der Waals surface area contributed by atoms with Crippen LogP contribution in [0.2, 0.25) is 0 Å². The molecule has 0 saturated carbocycles. The number of aryl methyl sites for hydroxylation is 1. The van der Waals surface area contributed by atoms with Gasteiger partial charge in [-0.3, -0.25) is 4.79 Å². The van der Waals surface area contributed by atoms with Crippen molar-refractivity contribution in [3.05, 3.63) is 70.8 Å². The lowest BCUT2D eigenvalue weighted by Crippen LogP contribution is -2.41. The molecule has 2 aromatic rings. The van der Waals surface area contributed by atoms with Crippen molar-refractivity contribution < 1.29 is 4.79 Å². The van der Waals surface area contributed by atoms with Gasteiger partial charge in [0.25, 0.3) is 0 Å². The lowest BCUT2D eigenvalue weighted by molar-refractivity contribution is 0.0938. The van der Waals surface area contributed by atoms with Crippen molar-refractivity contribution in [2.45, 2.75) is 25.9 Å². The van der Waals surface area contributed by atoms with E-state index in [-0.39, 0.29) is 11.8 Å². The lowest BCUT2D eigenvalue weighted by atomic mass is 9.91. The third-order valence-corrected chi connectivity index (χ3v) is 3.73. The van der Waals surface area contributed by atoms with Crippen LogP contribution in [0.3, 0.4) is 0 Å². The first-order valence-electron chi connectivity index (χ1n) is 6.65. The minimum atomic E-state index is -0.0994. The molecule has 1 unspecified atom stereocenters. The SMILES string of the molecule is Cc1ccc(C(=O)C2Cc3ccccc3CN2)cc1. The van der Waals surface area contributed by atoms with Crippen LogP contribution in [0.25, 0.3) is 0 Å². The highest BCUT2D eigenvalue weighted by Crippen LogP contribution is 2.18. The molecule has 0 amide bonds. The molecule has 1 aliphatic rings. The van der Waals surface area contributed by atoms with Crippen LogP contribution >= 0.6 is 0 Å². The molecule has 0 saturated heterocycles. The molecule has 0 aromatic heterocycles. The van der Waals surface area contributed by atoms with E-state index in [1.807, 2.05) is 43.3 Å². The summed E-state index contributed by atoms with van der Waals surface area (Å²) < 4.78 is 0. The average Bonchev–Trinajstić information content (AvgIpc) is 2.47. The second-order valence-electron chi connectivity index (χ2n) is 5.14. The van der Waals surface area contributed by atoms with E-state index in [4.69, 9.17) is 0 Å². The summed E-state index contributed by atoms with van der Waals surface area (Å²) in [5.41, 5.74) is 4.56. The van der Waals surface area contributed by atoms with Gasteiger partial charge in [0.2, 0.25) is 0 Å². The van der Waals surface area contributed by atoms with E-state index < -0.39 is 0 Å². The lowest BCUT2D eigenvalue weighted by Gasteiger charge is -2.25. The van der Waals surface area contributed by atoms with Gasteiger partial charge >= 0.3 is 0 Å². The Morgan fingerprint density at radius 1 is 1.05 bits per heavy atom. The fraction of sp³-hybridized carbons (Fsp3) is 0.235. The molecule has 0 spiro atoms. The van der Waals surface area contributed by atoms with Crippen molar-refractivity contribution in [3.8, 4) is 0 Å². The first kappa shape index (κ1) is 12.1. The van der Waals surface area contributed by atoms with Crippen molar-refractivity contribution >= 4 is 5.78 Å². The van der Waals surface area contributed by atoms with E-state index in [9.17, 15) is 4.79 Å². The van der Waals surface area contributed by atoms with Crippen LogP contribution in [0.4, 0.5) is 0 Å². The number of ketones is 1. The molecule has 96 valence electrons. The number of Topliss-reactive ketones (excluding diaryl/α,β-unsaturated/α-hetero) is 1. The molecule has 3 rings (SSSR count). The van der Waals surface area contributed by atoms with Crippen LogP contribution in [0.5, 0.6) is 0 Å². The quantitative estimate of drug-likeness (QED) is 0.831. The van der Waals surface area contributed by atoms with E-state index in [0.717, 1.165) is 18.5 Å². The Morgan fingerprint density at radius 3 is 2.47 bits per heavy atom. The van der Waals surface area contributed by atoms with E-state index in [0.29, 0.717) is 0 Å². The fourth-order valence-corrected chi connectivity index (χ4v) is 2.56. The van der Waals surface area contributed by atoms with Crippen LogP contribution in [0.15, 0.2) is 48.5 Å². The molecule has 2 nitrogen and oxygen atoms in total. The van der Waals surface area contributed by atoms with E-state index in [1.54, 1.807) is 0 Å². The van der Waals surface area contributed by atoms with Gasteiger partial charge in [-0.05, 0) is 24.5 Å². The largest absolute Gasteiger partial charge is 0.303 e. The molecule has 0 aliphatic carbocycles. The van der Waals surface area contributed by atoms with Gasteiger partial charge in [-0.25, -0.2) is 0 Å². The van der Waals surface area contributed by atoms with Crippen LogP contribution in [0, 0.1) is 6.92 Å². The third-order valence-electron chi connectivity index (χ3n) is 3.73. The molecule has 1 atom stereocenters. The number of benzene rings is 2. The molecule has 19 heavy (non-hydrogen) atoms. The maximum Gasteiger partial charge on any atom is 0.180 e. The standard InChI is InChI=1S/C17H17NO/c1-12-6-8-13(9-7-12)17(19)16-10-14-4-2-3-5-15(14)11-18-16/h2-9,16,18H,10-11H2,1H3. The Labute approximate surface area is 113 Å². The van der Waals surface area contributed by atoms with Gasteiger partial charge in [0.05, 0.1) is 6.04 Å². The number of hydrogen-bond donors (Lipinski definition) is 1. The zero-order valence-electron chi connectivity index (χ0n) is 11.0. The normalized spacial score (nSPS) is 17.8. The molecule has 0 radical (unpaired) electrons. The first-order chi connectivity index (χ1) is 9.24. The van der Waals surface area contributed by atoms with Gasteiger partial charge in [-0.1, -0.05) is 54.1 Å². The number of nitrogens with one attached hydrogen (secondary N) is 1. The summed E-state index contributed by atoms with van der Waals surface area (Å²) in [7, 11) is 0. The summed E-state index contributed by atoms with van der Waals surface area (Å²) in [5, 5.41) is 3.34. The second-order valence-corrected chi connectivity index (χ2v) is 5.14. The predicted octanol–water partition coefficient (Wildman–Crippen LogP) is 2.89. The molecule has 1 N–H and O–H groups in total. The van der Waals surface area contributed by atoms with Crippen molar-refractivity contribution in [2.75, 3.05) is 0 Å². The smallest absolute Gasteiger partial charge is 0.180 e. The Bertz CT molecular complexity index is 601. The van der Waals surface area contributed by atoms with Gasteiger partial charge in [-0.15, -0.1) is 0 Å². The van der Waals surface area contributed by atoms with Crippen LogP contribution < -0.4 is 5.32 Å². The zero-order valence-corrected chi connectivity index (χ0v) is 11.0. The van der Waals surface area contributed by atoms with E-state index in [2.05, 4.69) is 17.4 Å². The zero-order chi connectivity index (χ0) is 13.2. The van der Waals surface area contributed by atoms with Gasteiger partial charge < -0.3 is 5.32 Å². The van der Waals surface area contributed by atoms with Crippen molar-refractivity contribution in [1.82, 2.24) is 5.32 Å². The molecule has 1 aliphatic heterocycles. The Hall–Kier alpha value is -1.93. The molecular formula is C17H17NO.